The number of carbonyl (C=O) groups excluding carboxylic acids is 2. The van der Waals surface area contributed by atoms with E-state index in [1.165, 1.54) is 23.4 Å². The third-order valence-electron chi connectivity index (χ3n) is 5.01. The minimum atomic E-state index is -3.76. The second-order valence-electron chi connectivity index (χ2n) is 7.40. The third kappa shape index (κ3) is 5.49. The molecule has 2 aromatic carbocycles. The van der Waals surface area contributed by atoms with Gasteiger partial charge in [-0.05, 0) is 50.6 Å². The van der Waals surface area contributed by atoms with Gasteiger partial charge in [0.05, 0.1) is 23.7 Å². The molecule has 0 bridgehead atoms. The van der Waals surface area contributed by atoms with Crippen molar-refractivity contribution in [2.75, 3.05) is 31.6 Å². The molecular formula is C22H26N2O6S. The molecule has 1 aliphatic rings. The van der Waals surface area contributed by atoms with Gasteiger partial charge in [0.25, 0.3) is 5.91 Å². The summed E-state index contributed by atoms with van der Waals surface area (Å²) in [5.74, 6) is -1.24. The number of ether oxygens (including phenoxy) is 2. The number of nitrogens with one attached hydrogen (secondary N) is 1. The third-order valence-corrected chi connectivity index (χ3v) is 6.90. The Morgan fingerprint density at radius 3 is 2.35 bits per heavy atom. The molecule has 0 aliphatic carbocycles. The summed E-state index contributed by atoms with van der Waals surface area (Å²) in [6.07, 6.45) is -1.06. The van der Waals surface area contributed by atoms with Crippen LogP contribution < -0.4 is 5.32 Å². The first-order valence-electron chi connectivity index (χ1n) is 9.95. The molecule has 166 valence electrons. The highest BCUT2D eigenvalue weighted by molar-refractivity contribution is 7.89. The number of amides is 1. The van der Waals surface area contributed by atoms with Crippen molar-refractivity contribution in [2.24, 2.45) is 0 Å². The second kappa shape index (κ2) is 9.59. The summed E-state index contributed by atoms with van der Waals surface area (Å²) in [6, 6.07) is 11.5. The van der Waals surface area contributed by atoms with Crippen molar-refractivity contribution in [3.05, 3.63) is 59.2 Å². The van der Waals surface area contributed by atoms with Crippen LogP contribution in [0.4, 0.5) is 5.69 Å². The number of rotatable bonds is 6. The molecule has 1 fully saturated rings. The summed E-state index contributed by atoms with van der Waals surface area (Å²) < 4.78 is 37.6. The summed E-state index contributed by atoms with van der Waals surface area (Å²) in [5.41, 5.74) is 2.30. The van der Waals surface area contributed by atoms with E-state index < -0.39 is 28.0 Å². The maximum atomic E-state index is 12.9. The molecule has 2 aromatic rings. The van der Waals surface area contributed by atoms with E-state index in [9.17, 15) is 18.0 Å². The molecule has 9 heteroatoms. The molecule has 1 saturated heterocycles. The van der Waals surface area contributed by atoms with E-state index in [0.717, 1.165) is 5.56 Å². The predicted octanol–water partition coefficient (Wildman–Crippen LogP) is 2.51. The topological polar surface area (TPSA) is 102 Å². The van der Waals surface area contributed by atoms with Crippen LogP contribution in [0.2, 0.25) is 0 Å². The highest BCUT2D eigenvalue weighted by atomic mass is 32.2. The van der Waals surface area contributed by atoms with E-state index in [4.69, 9.17) is 9.47 Å². The molecule has 1 atom stereocenters. The molecule has 8 nitrogen and oxygen atoms in total. The maximum Gasteiger partial charge on any atom is 0.339 e. The molecule has 1 heterocycles. The summed E-state index contributed by atoms with van der Waals surface area (Å²) >= 11 is 0. The van der Waals surface area contributed by atoms with Crippen molar-refractivity contribution < 1.29 is 27.5 Å². The van der Waals surface area contributed by atoms with Gasteiger partial charge in [0.1, 0.15) is 0 Å². The molecule has 1 amide bonds. The zero-order valence-corrected chi connectivity index (χ0v) is 18.6. The van der Waals surface area contributed by atoms with Crippen molar-refractivity contribution in [2.45, 2.75) is 31.8 Å². The lowest BCUT2D eigenvalue weighted by molar-refractivity contribution is -0.123. The number of carbonyl (C=O) groups is 2. The lowest BCUT2D eigenvalue weighted by Gasteiger charge is -2.26. The lowest BCUT2D eigenvalue weighted by atomic mass is 10.1. The van der Waals surface area contributed by atoms with Gasteiger partial charge in [-0.2, -0.15) is 4.31 Å². The number of aryl methyl sites for hydroxylation is 2. The number of anilines is 1. The van der Waals surface area contributed by atoms with Crippen molar-refractivity contribution in [3.63, 3.8) is 0 Å². The van der Waals surface area contributed by atoms with E-state index in [1.54, 1.807) is 25.1 Å². The Morgan fingerprint density at radius 1 is 1.06 bits per heavy atom. The molecule has 0 radical (unpaired) electrons. The van der Waals surface area contributed by atoms with Gasteiger partial charge in [-0.25, -0.2) is 13.2 Å². The standard InChI is InChI=1S/C22H26N2O6S/c1-15-4-7-18(8-5-15)23-21(25)17(3)30-22(26)20-14-19(9-6-16(20)2)31(27,28)24-10-12-29-13-11-24/h4-9,14,17H,10-13H2,1-3H3,(H,23,25)/t17-/m1/s1. The summed E-state index contributed by atoms with van der Waals surface area (Å²) in [5, 5.41) is 2.69. The van der Waals surface area contributed by atoms with Crippen LogP contribution in [0.5, 0.6) is 0 Å². The molecule has 0 spiro atoms. The largest absolute Gasteiger partial charge is 0.449 e. The molecular weight excluding hydrogens is 420 g/mol. The second-order valence-corrected chi connectivity index (χ2v) is 9.33. The zero-order chi connectivity index (χ0) is 22.6. The molecule has 0 aromatic heterocycles. The first-order valence-corrected chi connectivity index (χ1v) is 11.4. The van der Waals surface area contributed by atoms with Gasteiger partial charge in [0.15, 0.2) is 6.10 Å². The maximum absolute atomic E-state index is 12.9. The normalized spacial score (nSPS) is 15.8. The van der Waals surface area contributed by atoms with Gasteiger partial charge in [-0.15, -0.1) is 0 Å². The molecule has 1 aliphatic heterocycles. The summed E-state index contributed by atoms with van der Waals surface area (Å²) in [4.78, 5) is 25.1. The minimum absolute atomic E-state index is 0.00344. The number of esters is 1. The van der Waals surface area contributed by atoms with Crippen LogP contribution >= 0.6 is 0 Å². The monoisotopic (exact) mass is 446 g/mol. The Hall–Kier alpha value is -2.75. The average molecular weight is 447 g/mol. The highest BCUT2D eigenvalue weighted by Gasteiger charge is 2.28. The zero-order valence-electron chi connectivity index (χ0n) is 17.8. The van der Waals surface area contributed by atoms with Gasteiger partial charge < -0.3 is 14.8 Å². The fourth-order valence-corrected chi connectivity index (χ4v) is 4.51. The molecule has 3 rings (SSSR count). The van der Waals surface area contributed by atoms with Crippen molar-refractivity contribution in [1.82, 2.24) is 4.31 Å². The van der Waals surface area contributed by atoms with Gasteiger partial charge in [0.2, 0.25) is 10.0 Å². The molecule has 0 unspecified atom stereocenters. The number of nitrogens with zero attached hydrogens (tertiary/aromatic N) is 1. The van der Waals surface area contributed by atoms with E-state index >= 15 is 0 Å². The lowest BCUT2D eigenvalue weighted by Crippen LogP contribution is -2.40. The fraction of sp³-hybridized carbons (Fsp3) is 0.364. The van der Waals surface area contributed by atoms with E-state index in [1.807, 2.05) is 19.1 Å². The van der Waals surface area contributed by atoms with Crippen LogP contribution in [0.1, 0.15) is 28.4 Å². The highest BCUT2D eigenvalue weighted by Crippen LogP contribution is 2.21. The molecule has 0 saturated carbocycles. The average Bonchev–Trinajstić information content (AvgIpc) is 2.76. The predicted molar refractivity (Wildman–Crippen MR) is 115 cm³/mol. The SMILES string of the molecule is Cc1ccc(NC(=O)[C@@H](C)OC(=O)c2cc(S(=O)(=O)N3CCOCC3)ccc2C)cc1. The van der Waals surface area contributed by atoms with E-state index in [-0.39, 0.29) is 23.5 Å². The van der Waals surface area contributed by atoms with Gasteiger partial charge >= 0.3 is 5.97 Å². The van der Waals surface area contributed by atoms with Crippen LogP contribution in [-0.2, 0) is 24.3 Å². The van der Waals surface area contributed by atoms with Crippen molar-refractivity contribution >= 4 is 27.6 Å². The Balaban J connectivity index is 1.72. The van der Waals surface area contributed by atoms with Gasteiger partial charge in [0, 0.05) is 18.8 Å². The van der Waals surface area contributed by atoms with E-state index in [2.05, 4.69) is 5.32 Å². The van der Waals surface area contributed by atoms with Crippen molar-refractivity contribution in [1.29, 1.82) is 0 Å². The fourth-order valence-electron chi connectivity index (χ4n) is 3.08. The van der Waals surface area contributed by atoms with Crippen LogP contribution in [0.3, 0.4) is 0 Å². The Morgan fingerprint density at radius 2 is 1.71 bits per heavy atom. The number of hydrogen-bond acceptors (Lipinski definition) is 6. The van der Waals surface area contributed by atoms with Crippen LogP contribution in [-0.4, -0.2) is 57.0 Å². The first kappa shape index (κ1) is 22.9. The Labute approximate surface area is 182 Å². The Bertz CT molecular complexity index is 1060. The Kier molecular flexibility index (Phi) is 7.09. The van der Waals surface area contributed by atoms with E-state index in [0.29, 0.717) is 24.5 Å². The van der Waals surface area contributed by atoms with Crippen LogP contribution in [0.15, 0.2) is 47.4 Å². The molecule has 1 N–H and O–H groups in total. The first-order chi connectivity index (χ1) is 14.7. The van der Waals surface area contributed by atoms with Gasteiger partial charge in [-0.3, -0.25) is 4.79 Å². The smallest absolute Gasteiger partial charge is 0.339 e. The summed E-state index contributed by atoms with van der Waals surface area (Å²) in [6.45, 7) is 6.25. The summed E-state index contributed by atoms with van der Waals surface area (Å²) in [7, 11) is -3.76. The number of sulfonamides is 1. The number of hydrogen-bond donors (Lipinski definition) is 1. The number of benzene rings is 2. The van der Waals surface area contributed by atoms with Crippen LogP contribution in [0, 0.1) is 13.8 Å². The quantitative estimate of drug-likeness (QED) is 0.684. The van der Waals surface area contributed by atoms with Gasteiger partial charge in [-0.1, -0.05) is 23.8 Å². The molecule has 31 heavy (non-hydrogen) atoms. The van der Waals surface area contributed by atoms with Crippen molar-refractivity contribution in [3.8, 4) is 0 Å². The number of morpholine rings is 1. The van der Waals surface area contributed by atoms with Crippen LogP contribution in [0.25, 0.3) is 0 Å². The minimum Gasteiger partial charge on any atom is -0.449 e.